The van der Waals surface area contributed by atoms with Gasteiger partial charge in [-0.05, 0) is 30.7 Å². The van der Waals surface area contributed by atoms with E-state index in [1.165, 1.54) is 0 Å². The number of hydrogen-bond donors (Lipinski definition) is 0. The molecule has 2 saturated heterocycles. The zero-order valence-electron chi connectivity index (χ0n) is 12.2. The van der Waals surface area contributed by atoms with Crippen molar-refractivity contribution in [2.45, 2.75) is 12.5 Å². The van der Waals surface area contributed by atoms with E-state index >= 15 is 0 Å². The summed E-state index contributed by atoms with van der Waals surface area (Å²) in [6.07, 6.45) is -0.0835. The molecule has 1 atom stereocenters. The number of carbonyl (C=O) groups is 3. The van der Waals surface area contributed by atoms with E-state index in [2.05, 4.69) is 0 Å². The summed E-state index contributed by atoms with van der Waals surface area (Å²) >= 11 is 5.78. The zero-order chi connectivity index (χ0) is 16.4. The maximum absolute atomic E-state index is 12.2. The molecule has 0 aromatic heterocycles. The van der Waals surface area contributed by atoms with E-state index in [9.17, 15) is 14.4 Å². The molecule has 2 aliphatic heterocycles. The average Bonchev–Trinajstić information content (AvgIpc) is 3.13. The van der Waals surface area contributed by atoms with E-state index in [4.69, 9.17) is 21.1 Å². The number of halogens is 1. The number of cyclic esters (lactones) is 1. The van der Waals surface area contributed by atoms with Crippen LogP contribution in [-0.2, 0) is 14.3 Å². The number of carbonyl (C=O) groups excluding carboxylic acids is 3. The molecule has 3 rings (SSSR count). The van der Waals surface area contributed by atoms with Crippen LogP contribution in [0.15, 0.2) is 24.3 Å². The van der Waals surface area contributed by atoms with Crippen LogP contribution in [0.25, 0.3) is 0 Å². The quantitative estimate of drug-likeness (QED) is 0.827. The van der Waals surface area contributed by atoms with Gasteiger partial charge in [-0.1, -0.05) is 11.6 Å². The lowest BCUT2D eigenvalue weighted by Crippen LogP contribution is -2.42. The normalized spacial score (nSPS) is 20.8. The molecule has 7 nitrogen and oxygen atoms in total. The van der Waals surface area contributed by atoms with Crippen molar-refractivity contribution >= 4 is 29.5 Å². The molecular weight excluding hydrogens is 324 g/mol. The number of rotatable bonds is 4. The Morgan fingerprint density at radius 2 is 2.04 bits per heavy atom. The third-order valence-electron chi connectivity index (χ3n) is 3.84. The molecule has 0 spiro atoms. The van der Waals surface area contributed by atoms with Crippen LogP contribution in [-0.4, -0.2) is 60.1 Å². The van der Waals surface area contributed by atoms with Crippen LogP contribution in [0.2, 0.25) is 5.02 Å². The number of amides is 3. The lowest BCUT2D eigenvalue weighted by molar-refractivity contribution is -0.133. The van der Waals surface area contributed by atoms with Gasteiger partial charge in [0.1, 0.15) is 5.75 Å². The van der Waals surface area contributed by atoms with Crippen LogP contribution in [0.5, 0.6) is 5.75 Å². The van der Waals surface area contributed by atoms with Gasteiger partial charge in [-0.3, -0.25) is 9.59 Å². The number of benzene rings is 1. The standard InChI is InChI=1S/C15H15ClN2O5/c16-10-1-3-12(4-2-10)22-8-13(19)17-6-5-11(7-17)18-14(20)9-23-15(18)21/h1-4,11H,5-9H2/t11-/m0/s1. The van der Waals surface area contributed by atoms with Crippen molar-refractivity contribution in [1.29, 1.82) is 0 Å². The largest absolute Gasteiger partial charge is 0.484 e. The Kier molecular flexibility index (Phi) is 4.38. The van der Waals surface area contributed by atoms with Gasteiger partial charge in [0.2, 0.25) is 0 Å². The molecule has 0 bridgehead atoms. The van der Waals surface area contributed by atoms with E-state index < -0.39 is 6.09 Å². The van der Waals surface area contributed by atoms with Crippen LogP contribution in [0, 0.1) is 0 Å². The molecular formula is C15H15ClN2O5. The molecule has 0 N–H and O–H groups in total. The topological polar surface area (TPSA) is 76.2 Å². The lowest BCUT2D eigenvalue weighted by atomic mass is 10.2. The molecule has 0 aliphatic carbocycles. The van der Waals surface area contributed by atoms with E-state index in [1.807, 2.05) is 0 Å². The highest BCUT2D eigenvalue weighted by atomic mass is 35.5. The first-order chi connectivity index (χ1) is 11.0. The minimum Gasteiger partial charge on any atom is -0.484 e. The number of hydrogen-bond acceptors (Lipinski definition) is 5. The highest BCUT2D eigenvalue weighted by molar-refractivity contribution is 6.30. The van der Waals surface area contributed by atoms with E-state index in [1.54, 1.807) is 29.2 Å². The molecule has 1 aromatic rings. The summed E-state index contributed by atoms with van der Waals surface area (Å²) < 4.78 is 10.1. The van der Waals surface area contributed by atoms with Gasteiger partial charge in [0.25, 0.3) is 11.8 Å². The van der Waals surface area contributed by atoms with E-state index in [0.717, 1.165) is 4.90 Å². The molecule has 23 heavy (non-hydrogen) atoms. The second kappa shape index (κ2) is 6.45. The van der Waals surface area contributed by atoms with Crippen molar-refractivity contribution < 1.29 is 23.9 Å². The number of imide groups is 1. The fourth-order valence-corrected chi connectivity index (χ4v) is 2.79. The summed E-state index contributed by atoms with van der Waals surface area (Å²) in [7, 11) is 0. The van der Waals surface area contributed by atoms with Crippen molar-refractivity contribution in [2.24, 2.45) is 0 Å². The van der Waals surface area contributed by atoms with Gasteiger partial charge in [-0.15, -0.1) is 0 Å². The molecule has 0 radical (unpaired) electrons. The monoisotopic (exact) mass is 338 g/mol. The van der Waals surface area contributed by atoms with Crippen LogP contribution in [0.4, 0.5) is 4.79 Å². The third-order valence-corrected chi connectivity index (χ3v) is 4.09. The van der Waals surface area contributed by atoms with Crippen LogP contribution >= 0.6 is 11.6 Å². The SMILES string of the molecule is O=C(COc1ccc(Cl)cc1)N1CC[C@H](N2C(=O)COC2=O)C1. The number of nitrogens with zero attached hydrogens (tertiary/aromatic N) is 2. The van der Waals surface area contributed by atoms with Crippen molar-refractivity contribution in [3.63, 3.8) is 0 Å². The smallest absolute Gasteiger partial charge is 0.417 e. The fourth-order valence-electron chi connectivity index (χ4n) is 2.66. The number of ether oxygens (including phenoxy) is 2. The first-order valence-electron chi connectivity index (χ1n) is 7.19. The van der Waals surface area contributed by atoms with Crippen molar-refractivity contribution in [3.8, 4) is 5.75 Å². The first kappa shape index (κ1) is 15.6. The molecule has 8 heteroatoms. The molecule has 0 unspecified atom stereocenters. The van der Waals surface area contributed by atoms with Gasteiger partial charge in [-0.25, -0.2) is 9.69 Å². The van der Waals surface area contributed by atoms with Gasteiger partial charge in [-0.2, -0.15) is 0 Å². The van der Waals surface area contributed by atoms with Gasteiger partial charge >= 0.3 is 6.09 Å². The summed E-state index contributed by atoms with van der Waals surface area (Å²) in [5.74, 6) is 0.00553. The zero-order valence-corrected chi connectivity index (χ0v) is 13.0. The average molecular weight is 339 g/mol. The summed E-state index contributed by atoms with van der Waals surface area (Å²) in [4.78, 5) is 38.0. The van der Waals surface area contributed by atoms with Crippen LogP contribution < -0.4 is 4.74 Å². The predicted octanol–water partition coefficient (Wildman–Crippen LogP) is 1.30. The van der Waals surface area contributed by atoms with Gasteiger partial charge < -0.3 is 14.4 Å². The predicted molar refractivity (Wildman–Crippen MR) is 80.1 cm³/mol. The summed E-state index contributed by atoms with van der Waals surface area (Å²) in [5.41, 5.74) is 0. The van der Waals surface area contributed by atoms with Crippen LogP contribution in [0.3, 0.4) is 0 Å². The van der Waals surface area contributed by atoms with Crippen molar-refractivity contribution in [3.05, 3.63) is 29.3 Å². The highest BCUT2D eigenvalue weighted by Gasteiger charge is 2.41. The lowest BCUT2D eigenvalue weighted by Gasteiger charge is -2.20. The first-order valence-corrected chi connectivity index (χ1v) is 7.57. The fraction of sp³-hybridized carbons (Fsp3) is 0.400. The Bertz CT molecular complexity index is 617. The van der Waals surface area contributed by atoms with E-state index in [0.29, 0.717) is 30.3 Å². The van der Waals surface area contributed by atoms with Gasteiger partial charge in [0, 0.05) is 18.1 Å². The molecule has 2 heterocycles. The minimum atomic E-state index is -0.633. The third kappa shape index (κ3) is 3.39. The van der Waals surface area contributed by atoms with Crippen molar-refractivity contribution in [1.82, 2.24) is 9.80 Å². The summed E-state index contributed by atoms with van der Waals surface area (Å²) in [5, 5.41) is 0.591. The molecule has 2 aliphatic rings. The number of likely N-dealkylation sites (tertiary alicyclic amines) is 1. The Morgan fingerprint density at radius 3 is 2.70 bits per heavy atom. The maximum Gasteiger partial charge on any atom is 0.417 e. The van der Waals surface area contributed by atoms with Crippen molar-refractivity contribution in [2.75, 3.05) is 26.3 Å². The van der Waals surface area contributed by atoms with Crippen LogP contribution in [0.1, 0.15) is 6.42 Å². The Morgan fingerprint density at radius 1 is 1.30 bits per heavy atom. The highest BCUT2D eigenvalue weighted by Crippen LogP contribution is 2.21. The summed E-state index contributed by atoms with van der Waals surface area (Å²) in [6, 6.07) is 6.40. The van der Waals surface area contributed by atoms with E-state index in [-0.39, 0.29) is 31.1 Å². The maximum atomic E-state index is 12.2. The molecule has 1 aromatic carbocycles. The molecule has 122 valence electrons. The Hall–Kier alpha value is -2.28. The molecule has 3 amide bonds. The summed E-state index contributed by atoms with van der Waals surface area (Å²) in [6.45, 7) is 0.462. The second-order valence-electron chi connectivity index (χ2n) is 5.34. The second-order valence-corrected chi connectivity index (χ2v) is 5.78. The molecule has 2 fully saturated rings. The Labute approximate surface area is 137 Å². The Balaban J connectivity index is 1.52. The van der Waals surface area contributed by atoms with Gasteiger partial charge in [0.05, 0.1) is 6.04 Å². The minimum absolute atomic E-state index is 0.104. The van der Waals surface area contributed by atoms with Gasteiger partial charge in [0.15, 0.2) is 13.2 Å². The molecule has 0 saturated carbocycles.